The molecule has 4 heterocycles. The first-order valence-electron chi connectivity index (χ1n) is 11.2. The number of rotatable bonds is 7. The summed E-state index contributed by atoms with van der Waals surface area (Å²) in [5, 5.41) is 3.23. The lowest BCUT2D eigenvalue weighted by atomic mass is 9.93. The average molecular weight is 495 g/mol. The Morgan fingerprint density at radius 3 is 2.59 bits per heavy atom. The summed E-state index contributed by atoms with van der Waals surface area (Å²) in [5.41, 5.74) is 3.04. The van der Waals surface area contributed by atoms with Crippen molar-refractivity contribution in [2.24, 2.45) is 5.92 Å². The fraction of sp³-hybridized carbons (Fsp3) is 0.292. The predicted octanol–water partition coefficient (Wildman–Crippen LogP) is 5.05. The van der Waals surface area contributed by atoms with Gasteiger partial charge in [-0.05, 0) is 42.9 Å². The van der Waals surface area contributed by atoms with Crippen molar-refractivity contribution in [2.45, 2.75) is 19.3 Å². The van der Waals surface area contributed by atoms with E-state index in [1.807, 2.05) is 36.4 Å². The lowest BCUT2D eigenvalue weighted by Crippen LogP contribution is -2.35. The summed E-state index contributed by atoms with van der Waals surface area (Å²) in [6, 6.07) is 16.1. The predicted molar refractivity (Wildman–Crippen MR) is 137 cm³/mol. The van der Waals surface area contributed by atoms with Gasteiger partial charge >= 0.3 is 0 Å². The molecule has 0 amide bonds. The van der Waals surface area contributed by atoms with Crippen LogP contribution in [0.2, 0.25) is 0 Å². The van der Waals surface area contributed by atoms with Crippen LogP contribution in [0.25, 0.3) is 32.9 Å². The van der Waals surface area contributed by atoms with Crippen molar-refractivity contribution in [3.63, 3.8) is 0 Å². The topological polar surface area (TPSA) is 115 Å². The third-order valence-corrected chi connectivity index (χ3v) is 7.63. The maximum Gasteiger partial charge on any atom is 0.226 e. The minimum Gasteiger partial charge on any atom is -0.356 e. The first-order valence-corrected chi connectivity index (χ1v) is 13.6. The van der Waals surface area contributed by atoms with E-state index in [1.165, 1.54) is 0 Å². The number of thiophene rings is 1. The van der Waals surface area contributed by atoms with Crippen LogP contribution in [0.15, 0.2) is 60.1 Å². The molecule has 1 atom stereocenters. The molecule has 0 bridgehead atoms. The van der Waals surface area contributed by atoms with Crippen LogP contribution in [0.5, 0.6) is 0 Å². The minimum atomic E-state index is -3.64. The average Bonchev–Trinajstić information content (AvgIpc) is 3.28. The van der Waals surface area contributed by atoms with Crippen LogP contribution in [0, 0.1) is 10.7 Å². The maximum atomic E-state index is 11.1. The number of nitrogens with zero attached hydrogens (tertiary/aromatic N) is 4. The number of hydrogen-bond acceptors (Lipinski definition) is 7. The van der Waals surface area contributed by atoms with E-state index in [-0.39, 0.29) is 0 Å². The van der Waals surface area contributed by atoms with E-state index in [2.05, 4.69) is 32.1 Å². The highest BCUT2D eigenvalue weighted by molar-refractivity contribution is 7.84. The number of hydrogen-bond donors (Lipinski definition) is 3. The Morgan fingerprint density at radius 1 is 1.12 bits per heavy atom. The molecule has 34 heavy (non-hydrogen) atoms. The smallest absolute Gasteiger partial charge is 0.226 e. The number of nitrogens with one attached hydrogen (secondary N) is 2. The van der Waals surface area contributed by atoms with Gasteiger partial charge in [-0.1, -0.05) is 36.4 Å². The number of piperidine rings is 1. The third kappa shape index (κ3) is 5.10. The standard InChI is InChI=1S/C24H26N6O2S2/c25-34(31,32)27-13-9-17-10-14-30(15-11-17)23-21-19(18-6-2-1-3-7-18)16-33-24(21)29-22(28-23)20-8-4-5-12-26-20/h1-8,12,16-17H,9-11,13-15H2,(H3,25,27,31,32). The highest BCUT2D eigenvalue weighted by atomic mass is 32.2. The highest BCUT2D eigenvalue weighted by Gasteiger charge is 2.25. The molecule has 4 aromatic rings. The van der Waals surface area contributed by atoms with E-state index < -0.39 is 10.2 Å². The Bertz CT molecular complexity index is 1370. The summed E-state index contributed by atoms with van der Waals surface area (Å²) in [6.45, 7) is 2.06. The van der Waals surface area contributed by atoms with Crippen molar-refractivity contribution in [1.82, 2.24) is 19.7 Å². The quantitative estimate of drug-likeness (QED) is 0.331. The van der Waals surface area contributed by atoms with Gasteiger partial charge in [-0.15, -0.1) is 11.3 Å². The molecule has 3 aromatic heterocycles. The Labute approximate surface area is 203 Å². The first-order chi connectivity index (χ1) is 16.5. The Hall–Kier alpha value is -2.92. The van der Waals surface area contributed by atoms with Crippen molar-refractivity contribution >= 4 is 37.6 Å². The molecule has 0 saturated carbocycles. The summed E-state index contributed by atoms with van der Waals surface area (Å²) in [5.74, 6) is 2.00. The monoisotopic (exact) mass is 494 g/mol. The molecule has 1 unspecified atom stereocenters. The van der Waals surface area contributed by atoms with Gasteiger partial charge in [0.2, 0.25) is 10.2 Å². The largest absolute Gasteiger partial charge is 0.356 e. The Morgan fingerprint density at radius 2 is 1.88 bits per heavy atom. The third-order valence-electron chi connectivity index (χ3n) is 6.16. The zero-order valence-corrected chi connectivity index (χ0v) is 20.2. The van der Waals surface area contributed by atoms with Gasteiger partial charge in [-0.2, -0.15) is 0 Å². The van der Waals surface area contributed by atoms with E-state index in [0.717, 1.165) is 65.2 Å². The summed E-state index contributed by atoms with van der Waals surface area (Å²) in [4.78, 5) is 17.6. The van der Waals surface area contributed by atoms with Gasteiger partial charge in [0.05, 0.1) is 5.39 Å². The molecule has 1 fully saturated rings. The zero-order chi connectivity index (χ0) is 23.5. The second-order valence-corrected chi connectivity index (χ2v) is 10.6. The second-order valence-electron chi connectivity index (χ2n) is 8.42. The van der Waals surface area contributed by atoms with Crippen molar-refractivity contribution in [1.29, 1.82) is 4.78 Å². The van der Waals surface area contributed by atoms with Gasteiger partial charge in [-0.25, -0.2) is 23.7 Å². The SMILES string of the molecule is N=S(=O)(O)NCCC1CCN(c2nc(-c3ccccn3)nc3scc(-c4ccccc4)c23)CC1. The second kappa shape index (κ2) is 9.75. The Balaban J connectivity index is 1.47. The van der Waals surface area contributed by atoms with E-state index >= 15 is 0 Å². The van der Waals surface area contributed by atoms with Crippen molar-refractivity contribution in [3.8, 4) is 22.6 Å². The molecule has 1 saturated heterocycles. The van der Waals surface area contributed by atoms with Crippen molar-refractivity contribution in [3.05, 3.63) is 60.1 Å². The summed E-state index contributed by atoms with van der Waals surface area (Å²) >= 11 is 1.63. The number of fused-ring (bicyclic) bond motifs is 1. The molecule has 10 heteroatoms. The molecule has 3 N–H and O–H groups in total. The number of pyridine rings is 1. The molecule has 1 aliphatic heterocycles. The Kier molecular flexibility index (Phi) is 6.55. The van der Waals surface area contributed by atoms with Gasteiger partial charge < -0.3 is 4.90 Å². The van der Waals surface area contributed by atoms with Gasteiger partial charge in [0.1, 0.15) is 16.3 Å². The summed E-state index contributed by atoms with van der Waals surface area (Å²) < 4.78 is 29.7. The van der Waals surface area contributed by atoms with E-state index in [9.17, 15) is 4.21 Å². The zero-order valence-electron chi connectivity index (χ0n) is 18.6. The van der Waals surface area contributed by atoms with Gasteiger partial charge in [0.25, 0.3) is 0 Å². The fourth-order valence-electron chi connectivity index (χ4n) is 4.43. The van der Waals surface area contributed by atoms with E-state index in [0.29, 0.717) is 18.3 Å². The van der Waals surface area contributed by atoms with Crippen LogP contribution in [0.3, 0.4) is 0 Å². The fourth-order valence-corrected chi connectivity index (χ4v) is 5.76. The first kappa shape index (κ1) is 22.9. The molecule has 1 aromatic carbocycles. The van der Waals surface area contributed by atoms with E-state index in [4.69, 9.17) is 19.3 Å². The molecule has 1 aliphatic rings. The maximum absolute atomic E-state index is 11.1. The molecule has 0 radical (unpaired) electrons. The van der Waals surface area contributed by atoms with Crippen LogP contribution in [-0.2, 0) is 10.2 Å². The molecular weight excluding hydrogens is 468 g/mol. The normalized spacial score (nSPS) is 16.6. The molecule has 0 spiro atoms. The van der Waals surface area contributed by atoms with Gasteiger partial charge in [0, 0.05) is 36.8 Å². The molecule has 5 rings (SSSR count). The van der Waals surface area contributed by atoms with Gasteiger partial charge in [0.15, 0.2) is 5.82 Å². The number of aromatic nitrogens is 3. The number of benzene rings is 1. The van der Waals surface area contributed by atoms with Crippen molar-refractivity contribution in [2.75, 3.05) is 24.5 Å². The van der Waals surface area contributed by atoms with Crippen molar-refractivity contribution < 1.29 is 8.76 Å². The molecular formula is C24H26N6O2S2. The lowest BCUT2D eigenvalue weighted by Gasteiger charge is -2.33. The summed E-state index contributed by atoms with van der Waals surface area (Å²) in [6.07, 6.45) is 4.45. The minimum absolute atomic E-state index is 0.369. The van der Waals surface area contributed by atoms with Gasteiger partial charge in [-0.3, -0.25) is 9.54 Å². The summed E-state index contributed by atoms with van der Waals surface area (Å²) in [7, 11) is -3.64. The number of anilines is 1. The molecule has 8 nitrogen and oxygen atoms in total. The lowest BCUT2D eigenvalue weighted by molar-refractivity contribution is 0.380. The van der Waals surface area contributed by atoms with Crippen LogP contribution >= 0.6 is 11.3 Å². The molecule has 176 valence electrons. The van der Waals surface area contributed by atoms with Crippen LogP contribution in [0.1, 0.15) is 19.3 Å². The van der Waals surface area contributed by atoms with Crippen LogP contribution in [-0.4, -0.2) is 43.3 Å². The highest BCUT2D eigenvalue weighted by Crippen LogP contribution is 2.40. The van der Waals surface area contributed by atoms with Crippen LogP contribution in [0.4, 0.5) is 5.82 Å². The molecule has 0 aliphatic carbocycles. The van der Waals surface area contributed by atoms with E-state index in [1.54, 1.807) is 17.5 Å². The van der Waals surface area contributed by atoms with Crippen LogP contribution < -0.4 is 9.62 Å².